The Morgan fingerprint density at radius 3 is 2.69 bits per heavy atom. The molecule has 3 rings (SSSR count). The smallest absolute Gasteiger partial charge is 0.255 e. The quantitative estimate of drug-likeness (QED) is 0.775. The van der Waals surface area contributed by atoms with Crippen LogP contribution in [0.15, 0.2) is 46.9 Å². The predicted octanol–water partition coefficient (Wildman–Crippen LogP) is 3.92. The molecule has 6 heteroatoms. The van der Waals surface area contributed by atoms with Crippen molar-refractivity contribution in [1.82, 2.24) is 5.32 Å². The molecule has 2 N–H and O–H groups in total. The summed E-state index contributed by atoms with van der Waals surface area (Å²) in [4.78, 5) is 24.7. The number of rotatable bonds is 5. The van der Waals surface area contributed by atoms with Crippen molar-refractivity contribution in [3.63, 3.8) is 0 Å². The van der Waals surface area contributed by atoms with Crippen LogP contribution in [0.5, 0.6) is 0 Å². The van der Waals surface area contributed by atoms with Crippen LogP contribution < -0.4 is 10.6 Å². The highest BCUT2D eigenvalue weighted by Crippen LogP contribution is 2.19. The number of hydrogen-bond acceptors (Lipinski definition) is 3. The number of benzene rings is 2. The van der Waals surface area contributed by atoms with Crippen molar-refractivity contribution in [3.8, 4) is 0 Å². The van der Waals surface area contributed by atoms with Gasteiger partial charge in [0, 0.05) is 34.4 Å². The van der Waals surface area contributed by atoms with Gasteiger partial charge in [-0.2, -0.15) is 0 Å². The van der Waals surface area contributed by atoms with E-state index in [1.54, 1.807) is 36.4 Å². The molecule has 1 aliphatic rings. The van der Waals surface area contributed by atoms with Crippen LogP contribution in [0.4, 0.5) is 5.69 Å². The van der Waals surface area contributed by atoms with E-state index in [1.165, 1.54) is 0 Å². The van der Waals surface area contributed by atoms with Crippen LogP contribution in [-0.4, -0.2) is 31.1 Å². The van der Waals surface area contributed by atoms with Crippen LogP contribution in [-0.2, 0) is 4.74 Å². The molecular formula is C20H21BrN2O3. The average molecular weight is 417 g/mol. The summed E-state index contributed by atoms with van der Waals surface area (Å²) < 4.78 is 6.39. The molecule has 1 unspecified atom stereocenters. The molecule has 1 aliphatic heterocycles. The van der Waals surface area contributed by atoms with Gasteiger partial charge in [-0.25, -0.2) is 0 Å². The largest absolute Gasteiger partial charge is 0.376 e. The van der Waals surface area contributed by atoms with Crippen LogP contribution in [0.1, 0.15) is 39.1 Å². The number of anilines is 1. The second-order valence-electron chi connectivity index (χ2n) is 6.34. The van der Waals surface area contributed by atoms with Gasteiger partial charge in [-0.15, -0.1) is 0 Å². The molecule has 26 heavy (non-hydrogen) atoms. The molecule has 2 aromatic carbocycles. The Morgan fingerprint density at radius 2 is 1.96 bits per heavy atom. The van der Waals surface area contributed by atoms with Crippen LogP contribution in [0.2, 0.25) is 0 Å². The molecule has 2 aromatic rings. The molecular weight excluding hydrogens is 396 g/mol. The second kappa shape index (κ2) is 8.47. The highest BCUT2D eigenvalue weighted by molar-refractivity contribution is 9.10. The van der Waals surface area contributed by atoms with Crippen molar-refractivity contribution < 1.29 is 14.3 Å². The Morgan fingerprint density at radius 1 is 1.15 bits per heavy atom. The topological polar surface area (TPSA) is 67.4 Å². The number of aryl methyl sites for hydroxylation is 1. The molecule has 1 atom stereocenters. The summed E-state index contributed by atoms with van der Waals surface area (Å²) in [6, 6.07) is 12.3. The van der Waals surface area contributed by atoms with E-state index in [2.05, 4.69) is 26.6 Å². The minimum absolute atomic E-state index is 0.0989. The van der Waals surface area contributed by atoms with E-state index in [0.717, 1.165) is 29.5 Å². The molecule has 1 fully saturated rings. The van der Waals surface area contributed by atoms with Gasteiger partial charge in [0.05, 0.1) is 6.10 Å². The predicted molar refractivity (Wildman–Crippen MR) is 105 cm³/mol. The maximum Gasteiger partial charge on any atom is 0.255 e. The standard InChI is InChI=1S/C20H21BrN2O3/c1-13-7-8-15(11-18(13)21)20(25)23-16-5-2-4-14(10-16)19(24)22-12-17-6-3-9-26-17/h2,4-5,7-8,10-11,17H,3,6,9,12H2,1H3,(H,22,24)(H,23,25). The van der Waals surface area contributed by atoms with Crippen molar-refractivity contribution in [2.24, 2.45) is 0 Å². The van der Waals surface area contributed by atoms with Crippen molar-refractivity contribution in [3.05, 3.63) is 63.6 Å². The molecule has 0 spiro atoms. The van der Waals surface area contributed by atoms with Crippen LogP contribution in [0.3, 0.4) is 0 Å². The lowest BCUT2D eigenvalue weighted by atomic mass is 10.1. The fourth-order valence-electron chi connectivity index (χ4n) is 2.79. The van der Waals surface area contributed by atoms with Crippen molar-refractivity contribution in [2.45, 2.75) is 25.9 Å². The monoisotopic (exact) mass is 416 g/mol. The maximum atomic E-state index is 12.4. The zero-order valence-corrected chi connectivity index (χ0v) is 16.1. The third-order valence-corrected chi connectivity index (χ3v) is 5.19. The molecule has 0 aromatic heterocycles. The number of carbonyl (C=O) groups is 2. The van der Waals surface area contributed by atoms with E-state index in [9.17, 15) is 9.59 Å². The van der Waals surface area contributed by atoms with Gasteiger partial charge < -0.3 is 15.4 Å². The van der Waals surface area contributed by atoms with Crippen LogP contribution in [0.25, 0.3) is 0 Å². The Kier molecular flexibility index (Phi) is 6.06. The maximum absolute atomic E-state index is 12.4. The van der Waals surface area contributed by atoms with Crippen LogP contribution >= 0.6 is 15.9 Å². The first-order valence-corrected chi connectivity index (χ1v) is 9.39. The number of hydrogen-bond donors (Lipinski definition) is 2. The SMILES string of the molecule is Cc1ccc(C(=O)Nc2cccc(C(=O)NCC3CCCO3)c2)cc1Br. The summed E-state index contributed by atoms with van der Waals surface area (Å²) in [6.45, 7) is 3.23. The number of nitrogens with one attached hydrogen (secondary N) is 2. The summed E-state index contributed by atoms with van der Waals surface area (Å²) in [5.41, 5.74) is 2.70. The van der Waals surface area contributed by atoms with E-state index in [1.807, 2.05) is 13.0 Å². The molecule has 0 saturated carbocycles. The molecule has 2 amide bonds. The van der Waals surface area contributed by atoms with Gasteiger partial charge in [-0.3, -0.25) is 9.59 Å². The summed E-state index contributed by atoms with van der Waals surface area (Å²) in [5.74, 6) is -0.391. The lowest BCUT2D eigenvalue weighted by Gasteiger charge is -2.12. The average Bonchev–Trinajstić information content (AvgIpc) is 3.15. The van der Waals surface area contributed by atoms with E-state index < -0.39 is 0 Å². The summed E-state index contributed by atoms with van der Waals surface area (Å²) in [5, 5.41) is 5.72. The fourth-order valence-corrected chi connectivity index (χ4v) is 3.17. The van der Waals surface area contributed by atoms with Gasteiger partial charge in [0.25, 0.3) is 11.8 Å². The third kappa shape index (κ3) is 4.71. The normalized spacial score (nSPS) is 16.3. The Labute approximate surface area is 161 Å². The van der Waals surface area contributed by atoms with Gasteiger partial charge >= 0.3 is 0 Å². The Balaban J connectivity index is 1.63. The highest BCUT2D eigenvalue weighted by atomic mass is 79.9. The summed E-state index contributed by atoms with van der Waals surface area (Å²) in [6.07, 6.45) is 2.11. The number of amides is 2. The summed E-state index contributed by atoms with van der Waals surface area (Å²) in [7, 11) is 0. The van der Waals surface area contributed by atoms with Crippen LogP contribution in [0, 0.1) is 6.92 Å². The molecule has 1 heterocycles. The lowest BCUT2D eigenvalue weighted by Crippen LogP contribution is -2.31. The lowest BCUT2D eigenvalue weighted by molar-refractivity contribution is 0.0857. The van der Waals surface area contributed by atoms with E-state index in [-0.39, 0.29) is 17.9 Å². The Bertz CT molecular complexity index is 816. The molecule has 5 nitrogen and oxygen atoms in total. The number of carbonyl (C=O) groups excluding carboxylic acids is 2. The Hall–Kier alpha value is -2.18. The minimum Gasteiger partial charge on any atom is -0.376 e. The molecule has 0 aliphatic carbocycles. The third-order valence-electron chi connectivity index (χ3n) is 4.33. The highest BCUT2D eigenvalue weighted by Gasteiger charge is 2.17. The van der Waals surface area contributed by atoms with Gasteiger partial charge in [-0.1, -0.05) is 28.1 Å². The van der Waals surface area contributed by atoms with E-state index in [0.29, 0.717) is 23.4 Å². The zero-order chi connectivity index (χ0) is 18.5. The van der Waals surface area contributed by atoms with E-state index >= 15 is 0 Å². The molecule has 136 valence electrons. The van der Waals surface area contributed by atoms with Gasteiger partial charge in [-0.05, 0) is 55.7 Å². The van der Waals surface area contributed by atoms with Crippen molar-refractivity contribution in [1.29, 1.82) is 0 Å². The van der Waals surface area contributed by atoms with E-state index in [4.69, 9.17) is 4.74 Å². The fraction of sp³-hybridized carbons (Fsp3) is 0.300. The van der Waals surface area contributed by atoms with Gasteiger partial charge in [0.15, 0.2) is 0 Å². The van der Waals surface area contributed by atoms with Crippen molar-refractivity contribution >= 4 is 33.4 Å². The van der Waals surface area contributed by atoms with Gasteiger partial charge in [0.1, 0.15) is 0 Å². The molecule has 0 radical (unpaired) electrons. The van der Waals surface area contributed by atoms with Crippen molar-refractivity contribution in [2.75, 3.05) is 18.5 Å². The first-order chi connectivity index (χ1) is 12.5. The zero-order valence-electron chi connectivity index (χ0n) is 14.5. The first kappa shape index (κ1) is 18.6. The van der Waals surface area contributed by atoms with Gasteiger partial charge in [0.2, 0.25) is 0 Å². The second-order valence-corrected chi connectivity index (χ2v) is 7.20. The molecule has 1 saturated heterocycles. The number of ether oxygens (including phenoxy) is 1. The first-order valence-electron chi connectivity index (χ1n) is 8.60. The summed E-state index contributed by atoms with van der Waals surface area (Å²) >= 11 is 3.43. The minimum atomic E-state index is -0.220. The number of halogens is 1. The molecule has 0 bridgehead atoms.